The lowest BCUT2D eigenvalue weighted by Gasteiger charge is -2.32. The molecule has 0 atom stereocenters. The second-order valence-corrected chi connectivity index (χ2v) is 5.96. The predicted molar refractivity (Wildman–Crippen MR) is 61.7 cm³/mol. The molecule has 0 radical (unpaired) electrons. The maximum atomic E-state index is 11.7. The zero-order valence-corrected chi connectivity index (χ0v) is 10.3. The van der Waals surface area contributed by atoms with E-state index in [-0.39, 0.29) is 11.2 Å². The Balaban J connectivity index is 2.38. The molecule has 1 N–H and O–H groups in total. The summed E-state index contributed by atoms with van der Waals surface area (Å²) in [6.45, 7) is 5.83. The van der Waals surface area contributed by atoms with Crippen LogP contribution in [0, 0.1) is 5.41 Å². The highest BCUT2D eigenvalue weighted by Crippen LogP contribution is 2.33. The maximum absolute atomic E-state index is 11.7. The molecule has 0 aromatic carbocycles. The van der Waals surface area contributed by atoms with Gasteiger partial charge in [-0.3, -0.25) is 4.79 Å². The van der Waals surface area contributed by atoms with Gasteiger partial charge in [0.05, 0.1) is 5.60 Å². The molecule has 0 heterocycles. The molecule has 1 fully saturated rings. The van der Waals surface area contributed by atoms with E-state index < -0.39 is 5.60 Å². The van der Waals surface area contributed by atoms with Gasteiger partial charge in [0.15, 0.2) is 0 Å². The minimum absolute atomic E-state index is 0.259. The van der Waals surface area contributed by atoms with E-state index in [9.17, 15) is 9.90 Å². The van der Waals surface area contributed by atoms with Gasteiger partial charge in [0.25, 0.3) is 0 Å². The molecule has 2 nitrogen and oxygen atoms in total. The van der Waals surface area contributed by atoms with E-state index in [4.69, 9.17) is 0 Å². The molecule has 0 aromatic heterocycles. The molecule has 15 heavy (non-hydrogen) atoms. The molecular formula is C13H24O2. The molecule has 1 saturated carbocycles. The van der Waals surface area contributed by atoms with Crippen molar-refractivity contribution in [1.29, 1.82) is 0 Å². The van der Waals surface area contributed by atoms with Gasteiger partial charge in [-0.15, -0.1) is 0 Å². The first-order chi connectivity index (χ1) is 6.83. The second kappa shape index (κ2) is 4.65. The first kappa shape index (κ1) is 12.7. The molecule has 0 aromatic rings. The van der Waals surface area contributed by atoms with Crippen LogP contribution < -0.4 is 0 Å². The van der Waals surface area contributed by atoms with Crippen LogP contribution in [0.1, 0.15) is 65.7 Å². The van der Waals surface area contributed by atoms with Crippen LogP contribution in [-0.2, 0) is 4.79 Å². The van der Waals surface area contributed by atoms with E-state index in [1.54, 1.807) is 0 Å². The van der Waals surface area contributed by atoms with E-state index in [2.05, 4.69) is 0 Å². The Morgan fingerprint density at radius 1 is 1.20 bits per heavy atom. The van der Waals surface area contributed by atoms with Crippen LogP contribution in [0.4, 0.5) is 0 Å². The van der Waals surface area contributed by atoms with Crippen molar-refractivity contribution >= 4 is 5.78 Å². The van der Waals surface area contributed by atoms with Crippen molar-refractivity contribution in [3.8, 4) is 0 Å². The zero-order chi connectivity index (χ0) is 11.5. The molecule has 0 bridgehead atoms. The fourth-order valence-electron chi connectivity index (χ4n) is 2.18. The van der Waals surface area contributed by atoms with E-state index in [0.29, 0.717) is 12.8 Å². The summed E-state index contributed by atoms with van der Waals surface area (Å²) < 4.78 is 0. The van der Waals surface area contributed by atoms with Gasteiger partial charge in [-0.05, 0) is 19.3 Å². The van der Waals surface area contributed by atoms with E-state index in [1.165, 1.54) is 6.42 Å². The Kier molecular flexibility index (Phi) is 3.93. The van der Waals surface area contributed by atoms with Gasteiger partial charge in [0.1, 0.15) is 5.78 Å². The van der Waals surface area contributed by atoms with Crippen LogP contribution in [0.3, 0.4) is 0 Å². The average molecular weight is 212 g/mol. The van der Waals surface area contributed by atoms with E-state index in [1.807, 2.05) is 20.8 Å². The summed E-state index contributed by atoms with van der Waals surface area (Å²) in [6.07, 6.45) is 6.40. The van der Waals surface area contributed by atoms with Crippen LogP contribution in [0.2, 0.25) is 0 Å². The normalized spacial score (nSPS) is 21.3. The summed E-state index contributed by atoms with van der Waals surface area (Å²) in [5.74, 6) is 0.265. The second-order valence-electron chi connectivity index (χ2n) is 5.96. The van der Waals surface area contributed by atoms with Crippen molar-refractivity contribution in [1.82, 2.24) is 0 Å². The Morgan fingerprint density at radius 3 is 2.20 bits per heavy atom. The number of hydrogen-bond acceptors (Lipinski definition) is 2. The summed E-state index contributed by atoms with van der Waals surface area (Å²) in [5, 5.41) is 10.2. The van der Waals surface area contributed by atoms with Crippen molar-refractivity contribution in [2.75, 3.05) is 0 Å². The number of carbonyl (C=O) groups is 1. The monoisotopic (exact) mass is 212 g/mol. The molecule has 2 heteroatoms. The smallest absolute Gasteiger partial charge is 0.138 e. The van der Waals surface area contributed by atoms with Gasteiger partial charge >= 0.3 is 0 Å². The highest BCUT2D eigenvalue weighted by atomic mass is 16.3. The highest BCUT2D eigenvalue weighted by molar-refractivity contribution is 5.83. The third kappa shape index (κ3) is 3.94. The highest BCUT2D eigenvalue weighted by Gasteiger charge is 2.31. The molecule has 0 aliphatic heterocycles. The third-order valence-corrected chi connectivity index (χ3v) is 3.44. The zero-order valence-electron chi connectivity index (χ0n) is 10.3. The lowest BCUT2D eigenvalue weighted by molar-refractivity contribution is -0.128. The molecule has 0 unspecified atom stereocenters. The molecule has 1 aliphatic rings. The molecular weight excluding hydrogens is 188 g/mol. The van der Waals surface area contributed by atoms with E-state index >= 15 is 0 Å². The topological polar surface area (TPSA) is 37.3 Å². The minimum atomic E-state index is -0.542. The minimum Gasteiger partial charge on any atom is -0.390 e. The van der Waals surface area contributed by atoms with Gasteiger partial charge in [-0.1, -0.05) is 40.0 Å². The third-order valence-electron chi connectivity index (χ3n) is 3.44. The number of hydrogen-bond donors (Lipinski definition) is 1. The number of ketones is 1. The summed E-state index contributed by atoms with van der Waals surface area (Å²) in [6, 6.07) is 0. The maximum Gasteiger partial charge on any atom is 0.138 e. The first-order valence-corrected chi connectivity index (χ1v) is 6.09. The lowest BCUT2D eigenvalue weighted by Crippen LogP contribution is -2.33. The largest absolute Gasteiger partial charge is 0.390 e. The molecule has 0 saturated heterocycles. The molecule has 88 valence electrons. The van der Waals surface area contributed by atoms with Crippen LogP contribution in [0.25, 0.3) is 0 Å². The van der Waals surface area contributed by atoms with Crippen molar-refractivity contribution < 1.29 is 9.90 Å². The van der Waals surface area contributed by atoms with Gasteiger partial charge in [-0.25, -0.2) is 0 Å². The van der Waals surface area contributed by atoms with Crippen molar-refractivity contribution in [2.24, 2.45) is 5.41 Å². The predicted octanol–water partition coefficient (Wildman–Crippen LogP) is 3.08. The summed E-state index contributed by atoms with van der Waals surface area (Å²) in [7, 11) is 0. The summed E-state index contributed by atoms with van der Waals surface area (Å²) >= 11 is 0. The fourth-order valence-corrected chi connectivity index (χ4v) is 2.18. The Morgan fingerprint density at radius 2 is 1.73 bits per heavy atom. The van der Waals surface area contributed by atoms with Crippen molar-refractivity contribution in [2.45, 2.75) is 71.3 Å². The number of carbonyl (C=O) groups excluding carboxylic acids is 1. The molecule has 1 aliphatic carbocycles. The first-order valence-electron chi connectivity index (χ1n) is 6.09. The lowest BCUT2D eigenvalue weighted by atomic mass is 9.79. The number of aliphatic hydroxyl groups is 1. The molecule has 0 spiro atoms. The van der Waals surface area contributed by atoms with Gasteiger partial charge in [0, 0.05) is 11.8 Å². The van der Waals surface area contributed by atoms with Gasteiger partial charge in [-0.2, -0.15) is 0 Å². The molecule has 1 rings (SSSR count). The van der Waals surface area contributed by atoms with Crippen LogP contribution in [0.5, 0.6) is 0 Å². The van der Waals surface area contributed by atoms with E-state index in [0.717, 1.165) is 25.7 Å². The standard InChI is InChI=1S/C13H24O2/c1-12(2,3)11(14)7-10-13(15)8-5-4-6-9-13/h15H,4-10H2,1-3H3. The SMILES string of the molecule is CC(C)(C)C(=O)CCC1(O)CCCCC1. The summed E-state index contributed by atoms with van der Waals surface area (Å²) in [5.41, 5.74) is -0.801. The fraction of sp³-hybridized carbons (Fsp3) is 0.923. The van der Waals surface area contributed by atoms with Crippen molar-refractivity contribution in [3.63, 3.8) is 0 Å². The Labute approximate surface area is 93.1 Å². The van der Waals surface area contributed by atoms with Crippen LogP contribution in [0.15, 0.2) is 0 Å². The number of Topliss-reactive ketones (excluding diaryl/α,β-unsaturated/α-hetero) is 1. The van der Waals surface area contributed by atoms with Crippen molar-refractivity contribution in [3.05, 3.63) is 0 Å². The van der Waals surface area contributed by atoms with Gasteiger partial charge < -0.3 is 5.11 Å². The molecule has 0 amide bonds. The van der Waals surface area contributed by atoms with Crippen LogP contribution >= 0.6 is 0 Å². The van der Waals surface area contributed by atoms with Crippen LogP contribution in [-0.4, -0.2) is 16.5 Å². The quantitative estimate of drug-likeness (QED) is 0.780. The Hall–Kier alpha value is -0.370. The summed E-state index contributed by atoms with van der Waals surface area (Å²) in [4.78, 5) is 11.7. The number of rotatable bonds is 3. The Bertz CT molecular complexity index is 219. The average Bonchev–Trinajstić information content (AvgIpc) is 2.14. The van der Waals surface area contributed by atoms with Gasteiger partial charge in [0.2, 0.25) is 0 Å².